The Morgan fingerprint density at radius 2 is 1.83 bits per heavy atom. The molecule has 1 aliphatic rings. The number of para-hydroxylation sites is 1. The Bertz CT molecular complexity index is 768. The van der Waals surface area contributed by atoms with E-state index in [0.717, 1.165) is 23.6 Å². The molecule has 4 nitrogen and oxygen atoms in total. The third-order valence-corrected chi connectivity index (χ3v) is 4.63. The van der Waals surface area contributed by atoms with Crippen molar-refractivity contribution in [1.29, 1.82) is 0 Å². The standard InChI is InChI=1S/C18H14O4S/c19-10-14-13-8-4-5-9-15(13)22-17(12-6-2-1-3-7-12)18(14)23-11-16(20)21/h1-10,17H,11H2,(H,20,21). The summed E-state index contributed by atoms with van der Waals surface area (Å²) in [4.78, 5) is 23.3. The first-order valence-electron chi connectivity index (χ1n) is 7.05. The summed E-state index contributed by atoms with van der Waals surface area (Å²) in [5, 5.41) is 8.98. The van der Waals surface area contributed by atoms with Crippen molar-refractivity contribution in [3.8, 4) is 5.75 Å². The van der Waals surface area contributed by atoms with Crippen molar-refractivity contribution in [2.24, 2.45) is 0 Å². The van der Waals surface area contributed by atoms with Gasteiger partial charge < -0.3 is 9.84 Å². The Balaban J connectivity index is 2.12. The van der Waals surface area contributed by atoms with Crippen LogP contribution >= 0.6 is 11.8 Å². The average Bonchev–Trinajstić information content (AvgIpc) is 2.59. The average molecular weight is 326 g/mol. The molecule has 0 aromatic heterocycles. The van der Waals surface area contributed by atoms with Crippen LogP contribution in [0.5, 0.6) is 5.75 Å². The first kappa shape index (κ1) is 15.4. The lowest BCUT2D eigenvalue weighted by atomic mass is 9.97. The van der Waals surface area contributed by atoms with Crippen LogP contribution in [0.1, 0.15) is 17.2 Å². The molecule has 0 radical (unpaired) electrons. The predicted octanol–water partition coefficient (Wildman–Crippen LogP) is 3.55. The van der Waals surface area contributed by atoms with Gasteiger partial charge in [-0.05, 0) is 11.6 Å². The number of carbonyl (C=O) groups is 2. The zero-order valence-corrected chi connectivity index (χ0v) is 13.0. The minimum atomic E-state index is -0.932. The van der Waals surface area contributed by atoms with E-state index in [0.29, 0.717) is 21.8 Å². The predicted molar refractivity (Wildman–Crippen MR) is 89.3 cm³/mol. The summed E-state index contributed by atoms with van der Waals surface area (Å²) in [6.45, 7) is 0. The molecule has 1 atom stereocenters. The molecule has 1 aliphatic heterocycles. The van der Waals surface area contributed by atoms with Crippen molar-refractivity contribution < 1.29 is 19.4 Å². The molecular formula is C18H14O4S. The number of aliphatic carboxylic acids is 1. The molecule has 0 amide bonds. The Hall–Kier alpha value is -2.53. The van der Waals surface area contributed by atoms with Crippen LogP contribution in [0.15, 0.2) is 59.5 Å². The monoisotopic (exact) mass is 326 g/mol. The summed E-state index contributed by atoms with van der Waals surface area (Å²) in [6, 6.07) is 16.8. The SMILES string of the molecule is O=CC1=C(SCC(=O)O)C(c2ccccc2)Oc2ccccc21. The van der Waals surface area contributed by atoms with Crippen LogP contribution in [0.4, 0.5) is 0 Å². The molecule has 1 heterocycles. The largest absolute Gasteiger partial charge is 0.481 e. The van der Waals surface area contributed by atoms with E-state index >= 15 is 0 Å². The van der Waals surface area contributed by atoms with Crippen molar-refractivity contribution in [3.05, 3.63) is 70.6 Å². The molecule has 0 fully saturated rings. The lowest BCUT2D eigenvalue weighted by Crippen LogP contribution is -2.17. The minimum Gasteiger partial charge on any atom is -0.481 e. The van der Waals surface area contributed by atoms with Gasteiger partial charge in [0, 0.05) is 16.0 Å². The minimum absolute atomic E-state index is 0.123. The molecule has 3 rings (SSSR count). The zero-order chi connectivity index (χ0) is 16.2. The smallest absolute Gasteiger partial charge is 0.313 e. The van der Waals surface area contributed by atoms with Gasteiger partial charge in [0.15, 0.2) is 12.4 Å². The molecule has 0 spiro atoms. The van der Waals surface area contributed by atoms with E-state index in [4.69, 9.17) is 9.84 Å². The van der Waals surface area contributed by atoms with Gasteiger partial charge in [-0.15, -0.1) is 11.8 Å². The van der Waals surface area contributed by atoms with E-state index in [9.17, 15) is 9.59 Å². The maximum Gasteiger partial charge on any atom is 0.313 e. The van der Waals surface area contributed by atoms with Gasteiger partial charge in [-0.1, -0.05) is 48.5 Å². The number of hydrogen-bond acceptors (Lipinski definition) is 4. The van der Waals surface area contributed by atoms with Crippen LogP contribution in [0, 0.1) is 0 Å². The fourth-order valence-electron chi connectivity index (χ4n) is 2.51. The number of hydrogen-bond donors (Lipinski definition) is 1. The molecule has 23 heavy (non-hydrogen) atoms. The van der Waals surface area contributed by atoms with Gasteiger partial charge in [0.05, 0.1) is 5.75 Å². The molecule has 2 aromatic rings. The van der Waals surface area contributed by atoms with Gasteiger partial charge in [-0.25, -0.2) is 0 Å². The van der Waals surface area contributed by atoms with Gasteiger partial charge in [0.25, 0.3) is 0 Å². The van der Waals surface area contributed by atoms with E-state index in [1.807, 2.05) is 54.6 Å². The van der Waals surface area contributed by atoms with E-state index in [-0.39, 0.29) is 5.75 Å². The van der Waals surface area contributed by atoms with Crippen LogP contribution in [-0.2, 0) is 9.59 Å². The molecule has 0 saturated carbocycles. The highest BCUT2D eigenvalue weighted by atomic mass is 32.2. The first-order chi connectivity index (χ1) is 11.2. The van der Waals surface area contributed by atoms with Crippen LogP contribution < -0.4 is 4.74 Å². The van der Waals surface area contributed by atoms with Crippen LogP contribution in [-0.4, -0.2) is 23.1 Å². The highest BCUT2D eigenvalue weighted by Crippen LogP contribution is 2.45. The van der Waals surface area contributed by atoms with Gasteiger partial charge in [-0.2, -0.15) is 0 Å². The van der Waals surface area contributed by atoms with Crippen molar-refractivity contribution >= 4 is 29.6 Å². The van der Waals surface area contributed by atoms with Crippen molar-refractivity contribution in [1.82, 2.24) is 0 Å². The van der Waals surface area contributed by atoms with Crippen LogP contribution in [0.25, 0.3) is 5.57 Å². The molecule has 2 aromatic carbocycles. The molecule has 116 valence electrons. The first-order valence-corrected chi connectivity index (χ1v) is 8.04. The topological polar surface area (TPSA) is 63.6 Å². The summed E-state index contributed by atoms with van der Waals surface area (Å²) in [7, 11) is 0. The van der Waals surface area contributed by atoms with E-state index in [1.165, 1.54) is 0 Å². The summed E-state index contributed by atoms with van der Waals surface area (Å²) < 4.78 is 6.06. The van der Waals surface area contributed by atoms with E-state index < -0.39 is 12.1 Å². The number of rotatable bonds is 5. The van der Waals surface area contributed by atoms with E-state index in [2.05, 4.69) is 0 Å². The highest BCUT2D eigenvalue weighted by molar-refractivity contribution is 8.03. The molecule has 1 unspecified atom stereocenters. The number of thioether (sulfide) groups is 1. The molecule has 0 aliphatic carbocycles. The summed E-state index contributed by atoms with van der Waals surface area (Å²) >= 11 is 1.13. The number of fused-ring (bicyclic) bond motifs is 1. The van der Waals surface area contributed by atoms with Crippen LogP contribution in [0.2, 0.25) is 0 Å². The molecule has 1 N–H and O–H groups in total. The zero-order valence-electron chi connectivity index (χ0n) is 12.1. The fraction of sp³-hybridized carbons (Fsp3) is 0.111. The lowest BCUT2D eigenvalue weighted by molar-refractivity contribution is -0.133. The third kappa shape index (κ3) is 3.14. The number of benzene rings is 2. The Morgan fingerprint density at radius 1 is 1.13 bits per heavy atom. The Kier molecular flexibility index (Phi) is 4.48. The second-order valence-electron chi connectivity index (χ2n) is 4.98. The number of carboxylic acids is 1. The maximum absolute atomic E-state index is 11.7. The quantitative estimate of drug-likeness (QED) is 0.851. The normalized spacial score (nSPS) is 16.4. The second kappa shape index (κ2) is 6.71. The summed E-state index contributed by atoms with van der Waals surface area (Å²) in [5.41, 5.74) is 2.07. The Morgan fingerprint density at radius 3 is 2.52 bits per heavy atom. The maximum atomic E-state index is 11.7. The Labute approximate surface area is 137 Å². The van der Waals surface area contributed by atoms with Crippen molar-refractivity contribution in [2.45, 2.75) is 6.10 Å². The number of carbonyl (C=O) groups excluding carboxylic acids is 1. The van der Waals surface area contributed by atoms with Gasteiger partial charge in [0.1, 0.15) is 5.75 Å². The van der Waals surface area contributed by atoms with Crippen molar-refractivity contribution in [3.63, 3.8) is 0 Å². The summed E-state index contributed by atoms with van der Waals surface area (Å²) in [6.07, 6.45) is 0.303. The van der Waals surface area contributed by atoms with Gasteiger partial charge in [-0.3, -0.25) is 9.59 Å². The number of carboxylic acid groups (broad SMARTS) is 1. The lowest BCUT2D eigenvalue weighted by Gasteiger charge is -2.29. The number of allylic oxidation sites excluding steroid dienone is 1. The molecule has 5 heteroatoms. The number of ether oxygens (including phenoxy) is 1. The van der Waals surface area contributed by atoms with Crippen molar-refractivity contribution in [2.75, 3.05) is 5.75 Å². The van der Waals surface area contributed by atoms with Gasteiger partial charge in [0.2, 0.25) is 0 Å². The highest BCUT2D eigenvalue weighted by Gasteiger charge is 2.30. The van der Waals surface area contributed by atoms with E-state index in [1.54, 1.807) is 0 Å². The van der Waals surface area contributed by atoms with Crippen LogP contribution in [0.3, 0.4) is 0 Å². The number of aldehydes is 1. The third-order valence-electron chi connectivity index (χ3n) is 3.50. The fourth-order valence-corrected chi connectivity index (χ4v) is 3.44. The summed E-state index contributed by atoms with van der Waals surface area (Å²) in [5.74, 6) is -0.428. The molecule has 0 saturated heterocycles. The molecular weight excluding hydrogens is 312 g/mol. The molecule has 0 bridgehead atoms. The second-order valence-corrected chi connectivity index (χ2v) is 6.00. The van der Waals surface area contributed by atoms with Gasteiger partial charge >= 0.3 is 5.97 Å².